The average molecular weight is 213 g/mol. The number of benzene rings is 1. The molecular weight excluding hydrogens is 198 g/mol. The molecule has 0 bridgehead atoms. The van der Waals surface area contributed by atoms with E-state index in [2.05, 4.69) is 5.32 Å². The van der Waals surface area contributed by atoms with Gasteiger partial charge in [-0.15, -0.1) is 0 Å². The molecule has 0 aliphatic rings. The number of hydrogen-bond donors (Lipinski definition) is 4. The summed E-state index contributed by atoms with van der Waals surface area (Å²) in [5, 5.41) is 30.0. The second-order valence-electron chi connectivity index (χ2n) is 3.10. The molecule has 0 saturated heterocycles. The van der Waals surface area contributed by atoms with E-state index in [0.29, 0.717) is 11.4 Å². The minimum absolute atomic E-state index is 0.0412. The van der Waals surface area contributed by atoms with Gasteiger partial charge in [0.05, 0.1) is 25.5 Å². The molecule has 1 aromatic carbocycles. The third-order valence-corrected chi connectivity index (χ3v) is 1.94. The van der Waals surface area contributed by atoms with Crippen molar-refractivity contribution < 1.29 is 20.1 Å². The number of nitrogens with one attached hydrogen (secondary N) is 1. The lowest BCUT2D eigenvalue weighted by Crippen LogP contribution is -2.22. The van der Waals surface area contributed by atoms with Gasteiger partial charge >= 0.3 is 0 Å². The molecule has 0 spiro atoms. The molecule has 0 fully saturated rings. The first-order chi connectivity index (χ1) is 7.17. The van der Waals surface area contributed by atoms with Gasteiger partial charge in [-0.05, 0) is 12.1 Å². The molecule has 5 nitrogen and oxygen atoms in total. The molecule has 1 rings (SSSR count). The summed E-state index contributed by atoms with van der Waals surface area (Å²) in [5.74, 6) is 0.597. The number of aliphatic hydroxyl groups excluding tert-OH is 2. The zero-order chi connectivity index (χ0) is 11.3. The fourth-order valence-corrected chi connectivity index (χ4v) is 1.08. The van der Waals surface area contributed by atoms with Gasteiger partial charge in [0.1, 0.15) is 11.5 Å². The van der Waals surface area contributed by atoms with Crippen molar-refractivity contribution in [1.82, 2.24) is 0 Å². The number of methoxy groups -OCH3 is 1. The van der Waals surface area contributed by atoms with Crippen molar-refractivity contribution in [3.8, 4) is 11.5 Å². The van der Waals surface area contributed by atoms with Crippen LogP contribution >= 0.6 is 0 Å². The van der Waals surface area contributed by atoms with Gasteiger partial charge in [-0.3, -0.25) is 0 Å². The van der Waals surface area contributed by atoms with Crippen LogP contribution in [-0.4, -0.2) is 41.7 Å². The smallest absolute Gasteiger partial charge is 0.142 e. The molecule has 84 valence electrons. The van der Waals surface area contributed by atoms with Crippen LogP contribution in [0.25, 0.3) is 0 Å². The van der Waals surface area contributed by atoms with Gasteiger partial charge in [-0.2, -0.15) is 0 Å². The van der Waals surface area contributed by atoms with Gasteiger partial charge in [0.25, 0.3) is 0 Å². The van der Waals surface area contributed by atoms with Crippen LogP contribution in [0.1, 0.15) is 0 Å². The summed E-state index contributed by atoms with van der Waals surface area (Å²) in [5.41, 5.74) is 0.489. The highest BCUT2D eigenvalue weighted by Gasteiger charge is 2.05. The molecule has 1 aromatic rings. The van der Waals surface area contributed by atoms with Crippen molar-refractivity contribution in [3.05, 3.63) is 18.2 Å². The first kappa shape index (κ1) is 11.6. The first-order valence-electron chi connectivity index (χ1n) is 4.57. The molecule has 4 N–H and O–H groups in total. The standard InChI is InChI=1S/C10H15NO4/c1-15-8-2-3-9(10(14)4-8)11-5-7(13)6-12/h2-4,7,11-14H,5-6H2,1H3. The summed E-state index contributed by atoms with van der Waals surface area (Å²) in [7, 11) is 1.51. The molecule has 0 heterocycles. The van der Waals surface area contributed by atoms with E-state index in [1.54, 1.807) is 12.1 Å². The number of anilines is 1. The molecule has 0 radical (unpaired) electrons. The monoisotopic (exact) mass is 213 g/mol. The van der Waals surface area contributed by atoms with Crippen molar-refractivity contribution in [2.45, 2.75) is 6.10 Å². The van der Waals surface area contributed by atoms with Crippen molar-refractivity contribution in [2.24, 2.45) is 0 Å². The molecular formula is C10H15NO4. The highest BCUT2D eigenvalue weighted by molar-refractivity contribution is 5.58. The number of aromatic hydroxyl groups is 1. The van der Waals surface area contributed by atoms with Crippen molar-refractivity contribution >= 4 is 5.69 Å². The zero-order valence-electron chi connectivity index (χ0n) is 8.47. The van der Waals surface area contributed by atoms with Crippen LogP contribution in [0, 0.1) is 0 Å². The third kappa shape index (κ3) is 3.30. The fraction of sp³-hybridized carbons (Fsp3) is 0.400. The van der Waals surface area contributed by atoms with E-state index in [0.717, 1.165) is 0 Å². The number of phenolic OH excluding ortho intramolecular Hbond substituents is 1. The van der Waals surface area contributed by atoms with Gasteiger partial charge in [0.15, 0.2) is 0 Å². The van der Waals surface area contributed by atoms with Crippen LogP contribution in [0.3, 0.4) is 0 Å². The van der Waals surface area contributed by atoms with E-state index < -0.39 is 6.10 Å². The van der Waals surface area contributed by atoms with Gasteiger partial charge in [-0.25, -0.2) is 0 Å². The number of phenols is 1. The normalized spacial score (nSPS) is 12.2. The predicted molar refractivity (Wildman–Crippen MR) is 56.2 cm³/mol. The van der Waals surface area contributed by atoms with Gasteiger partial charge in [0.2, 0.25) is 0 Å². The maximum atomic E-state index is 9.52. The van der Waals surface area contributed by atoms with Gasteiger partial charge < -0.3 is 25.4 Å². The van der Waals surface area contributed by atoms with Crippen molar-refractivity contribution in [3.63, 3.8) is 0 Å². The summed E-state index contributed by atoms with van der Waals surface area (Å²) in [6, 6.07) is 4.79. The zero-order valence-corrected chi connectivity index (χ0v) is 8.47. The number of rotatable bonds is 5. The Morgan fingerprint density at radius 1 is 1.47 bits per heavy atom. The summed E-state index contributed by atoms with van der Waals surface area (Å²) in [4.78, 5) is 0. The third-order valence-electron chi connectivity index (χ3n) is 1.94. The SMILES string of the molecule is COc1ccc(NCC(O)CO)c(O)c1. The lowest BCUT2D eigenvalue weighted by Gasteiger charge is -2.12. The van der Waals surface area contributed by atoms with Crippen LogP contribution in [0.4, 0.5) is 5.69 Å². The van der Waals surface area contributed by atoms with E-state index in [4.69, 9.17) is 14.9 Å². The van der Waals surface area contributed by atoms with E-state index in [-0.39, 0.29) is 18.9 Å². The highest BCUT2D eigenvalue weighted by Crippen LogP contribution is 2.27. The Bertz CT molecular complexity index is 316. The number of aliphatic hydroxyl groups is 2. The summed E-state index contributed by atoms with van der Waals surface area (Å²) < 4.78 is 4.92. The first-order valence-corrected chi connectivity index (χ1v) is 4.57. The fourth-order valence-electron chi connectivity index (χ4n) is 1.08. The molecule has 5 heteroatoms. The second-order valence-corrected chi connectivity index (χ2v) is 3.10. The summed E-state index contributed by atoms with van der Waals surface area (Å²) >= 11 is 0. The Hall–Kier alpha value is -1.46. The minimum Gasteiger partial charge on any atom is -0.506 e. The van der Waals surface area contributed by atoms with Crippen LogP contribution in [0.15, 0.2) is 18.2 Å². The Labute approximate surface area is 87.9 Å². The van der Waals surface area contributed by atoms with E-state index in [1.807, 2.05) is 0 Å². The minimum atomic E-state index is -0.841. The molecule has 0 aromatic heterocycles. The molecule has 0 saturated carbocycles. The van der Waals surface area contributed by atoms with Crippen LogP contribution in [0.2, 0.25) is 0 Å². The molecule has 1 atom stereocenters. The highest BCUT2D eigenvalue weighted by atomic mass is 16.5. The maximum Gasteiger partial charge on any atom is 0.142 e. The largest absolute Gasteiger partial charge is 0.506 e. The maximum absolute atomic E-state index is 9.52. The molecule has 0 aliphatic carbocycles. The van der Waals surface area contributed by atoms with E-state index >= 15 is 0 Å². The number of ether oxygens (including phenoxy) is 1. The molecule has 15 heavy (non-hydrogen) atoms. The lowest BCUT2D eigenvalue weighted by atomic mass is 10.2. The Morgan fingerprint density at radius 2 is 2.20 bits per heavy atom. The van der Waals surface area contributed by atoms with Crippen LogP contribution in [-0.2, 0) is 0 Å². The van der Waals surface area contributed by atoms with E-state index in [1.165, 1.54) is 13.2 Å². The van der Waals surface area contributed by atoms with Crippen molar-refractivity contribution in [1.29, 1.82) is 0 Å². The molecule has 0 amide bonds. The average Bonchev–Trinajstić information content (AvgIpc) is 2.26. The van der Waals surface area contributed by atoms with Crippen LogP contribution in [0.5, 0.6) is 11.5 Å². The predicted octanol–water partition coefficient (Wildman–Crippen LogP) is 0.166. The van der Waals surface area contributed by atoms with Gasteiger partial charge in [-0.1, -0.05) is 0 Å². The second kappa shape index (κ2) is 5.43. The number of hydrogen-bond acceptors (Lipinski definition) is 5. The van der Waals surface area contributed by atoms with Crippen LogP contribution < -0.4 is 10.1 Å². The Morgan fingerprint density at radius 3 is 2.73 bits per heavy atom. The van der Waals surface area contributed by atoms with Crippen molar-refractivity contribution in [2.75, 3.05) is 25.6 Å². The molecule has 1 unspecified atom stereocenters. The topological polar surface area (TPSA) is 82.0 Å². The van der Waals surface area contributed by atoms with E-state index in [9.17, 15) is 5.11 Å². The summed E-state index contributed by atoms with van der Waals surface area (Å²) in [6.07, 6.45) is -0.841. The van der Waals surface area contributed by atoms with Gasteiger partial charge in [0, 0.05) is 12.6 Å². The lowest BCUT2D eigenvalue weighted by molar-refractivity contribution is 0.105. The summed E-state index contributed by atoms with van der Waals surface area (Å²) in [6.45, 7) is -0.139. The quantitative estimate of drug-likeness (QED) is 0.524. The Balaban J connectivity index is 2.62. The molecule has 0 aliphatic heterocycles. The Kier molecular flexibility index (Phi) is 4.20.